The van der Waals surface area contributed by atoms with Crippen molar-refractivity contribution < 1.29 is 4.79 Å². The molecule has 3 heterocycles. The zero-order chi connectivity index (χ0) is 20.1. The van der Waals surface area contributed by atoms with E-state index in [-0.39, 0.29) is 5.91 Å². The Kier molecular flexibility index (Phi) is 6.36. The number of thioether (sulfide) groups is 1. The van der Waals surface area contributed by atoms with Crippen molar-refractivity contribution in [3.63, 3.8) is 0 Å². The zero-order valence-electron chi connectivity index (χ0n) is 16.6. The maximum atomic E-state index is 12.7. The van der Waals surface area contributed by atoms with E-state index in [1.165, 1.54) is 11.8 Å². The summed E-state index contributed by atoms with van der Waals surface area (Å²) >= 11 is 1.46. The Bertz CT molecular complexity index is 996. The maximum absolute atomic E-state index is 12.7. The number of nitrogens with zero attached hydrogens (tertiary/aromatic N) is 5. The molecule has 1 amide bonds. The maximum Gasteiger partial charge on any atom is 0.233 e. The Morgan fingerprint density at radius 3 is 2.72 bits per heavy atom. The molecule has 150 valence electrons. The summed E-state index contributed by atoms with van der Waals surface area (Å²) in [5.41, 5.74) is 3.87. The molecule has 0 saturated carbocycles. The van der Waals surface area contributed by atoms with Gasteiger partial charge in [0.15, 0.2) is 0 Å². The fourth-order valence-electron chi connectivity index (χ4n) is 3.53. The molecule has 7 heteroatoms. The van der Waals surface area contributed by atoms with Crippen molar-refractivity contribution in [2.24, 2.45) is 0 Å². The van der Waals surface area contributed by atoms with Crippen LogP contribution in [0.25, 0.3) is 11.0 Å². The van der Waals surface area contributed by atoms with Crippen molar-refractivity contribution in [3.05, 3.63) is 60.0 Å². The van der Waals surface area contributed by atoms with E-state index in [0.29, 0.717) is 5.75 Å². The monoisotopic (exact) mass is 407 g/mol. The second-order valence-electron chi connectivity index (χ2n) is 7.27. The number of hydrogen-bond donors (Lipinski definition) is 0. The van der Waals surface area contributed by atoms with E-state index < -0.39 is 0 Å². The molecule has 1 aliphatic heterocycles. The number of amides is 1. The van der Waals surface area contributed by atoms with Crippen LogP contribution in [-0.2, 0) is 11.3 Å². The number of carbonyl (C=O) groups excluding carboxylic acids is 1. The van der Waals surface area contributed by atoms with Gasteiger partial charge >= 0.3 is 0 Å². The summed E-state index contributed by atoms with van der Waals surface area (Å²) in [6.07, 6.45) is 2.73. The lowest BCUT2D eigenvalue weighted by Crippen LogP contribution is -2.36. The molecule has 0 bridgehead atoms. The molecule has 0 radical (unpaired) electrons. The SMILES string of the molecule is Cc1cccc(CN2CCCN(C(=O)CSc3cnc4ccccc4n3)CC2)n1. The van der Waals surface area contributed by atoms with Crippen LogP contribution in [0.5, 0.6) is 0 Å². The number of hydrogen-bond acceptors (Lipinski definition) is 6. The third-order valence-electron chi connectivity index (χ3n) is 5.04. The normalized spacial score (nSPS) is 15.4. The van der Waals surface area contributed by atoms with Crippen LogP contribution in [0.4, 0.5) is 0 Å². The molecule has 1 aliphatic rings. The van der Waals surface area contributed by atoms with Gasteiger partial charge in [0.2, 0.25) is 5.91 Å². The van der Waals surface area contributed by atoms with Crippen LogP contribution in [0, 0.1) is 6.92 Å². The summed E-state index contributed by atoms with van der Waals surface area (Å²) < 4.78 is 0. The number of rotatable bonds is 5. The summed E-state index contributed by atoms with van der Waals surface area (Å²) in [6, 6.07) is 13.9. The number of para-hydroxylation sites is 2. The van der Waals surface area contributed by atoms with Gasteiger partial charge in [-0.3, -0.25) is 19.7 Å². The third kappa shape index (κ3) is 5.31. The first-order chi connectivity index (χ1) is 14.2. The number of benzene rings is 1. The molecular formula is C22H25N5OS. The van der Waals surface area contributed by atoms with Crippen LogP contribution in [0.2, 0.25) is 0 Å². The highest BCUT2D eigenvalue weighted by Crippen LogP contribution is 2.19. The van der Waals surface area contributed by atoms with E-state index >= 15 is 0 Å². The fourth-order valence-corrected chi connectivity index (χ4v) is 4.28. The quantitative estimate of drug-likeness (QED) is 0.606. The minimum atomic E-state index is 0.167. The van der Waals surface area contributed by atoms with Crippen molar-refractivity contribution in [2.75, 3.05) is 31.9 Å². The Morgan fingerprint density at radius 1 is 1.00 bits per heavy atom. The molecule has 1 saturated heterocycles. The first-order valence-electron chi connectivity index (χ1n) is 9.95. The number of aromatic nitrogens is 3. The lowest BCUT2D eigenvalue weighted by atomic mass is 10.3. The van der Waals surface area contributed by atoms with Crippen molar-refractivity contribution in [1.29, 1.82) is 0 Å². The second kappa shape index (κ2) is 9.33. The molecule has 1 fully saturated rings. The molecule has 6 nitrogen and oxygen atoms in total. The van der Waals surface area contributed by atoms with Gasteiger partial charge in [0.25, 0.3) is 0 Å². The molecule has 0 atom stereocenters. The highest BCUT2D eigenvalue weighted by atomic mass is 32.2. The van der Waals surface area contributed by atoms with Gasteiger partial charge in [-0.05, 0) is 37.6 Å². The molecule has 29 heavy (non-hydrogen) atoms. The van der Waals surface area contributed by atoms with Gasteiger partial charge in [-0.1, -0.05) is 30.0 Å². The van der Waals surface area contributed by atoms with Crippen LogP contribution < -0.4 is 0 Å². The Hall–Kier alpha value is -2.51. The van der Waals surface area contributed by atoms with Crippen molar-refractivity contribution in [1.82, 2.24) is 24.8 Å². The van der Waals surface area contributed by atoms with Gasteiger partial charge in [-0.25, -0.2) is 4.98 Å². The highest BCUT2D eigenvalue weighted by Gasteiger charge is 2.19. The second-order valence-corrected chi connectivity index (χ2v) is 8.26. The van der Waals surface area contributed by atoms with Crippen LogP contribution >= 0.6 is 11.8 Å². The van der Waals surface area contributed by atoms with Crippen LogP contribution in [0.3, 0.4) is 0 Å². The van der Waals surface area contributed by atoms with Gasteiger partial charge in [0.05, 0.1) is 28.7 Å². The first-order valence-corrected chi connectivity index (χ1v) is 10.9. The topological polar surface area (TPSA) is 62.2 Å². The summed E-state index contributed by atoms with van der Waals surface area (Å²) in [5.74, 6) is 0.562. The predicted octanol–water partition coefficient (Wildman–Crippen LogP) is 3.16. The fraction of sp³-hybridized carbons (Fsp3) is 0.364. The van der Waals surface area contributed by atoms with Crippen molar-refractivity contribution in [3.8, 4) is 0 Å². The van der Waals surface area contributed by atoms with E-state index in [2.05, 4.69) is 32.0 Å². The minimum Gasteiger partial charge on any atom is -0.341 e. The van der Waals surface area contributed by atoms with Gasteiger partial charge in [0, 0.05) is 38.4 Å². The highest BCUT2D eigenvalue weighted by molar-refractivity contribution is 7.99. The van der Waals surface area contributed by atoms with Crippen LogP contribution in [0.1, 0.15) is 17.8 Å². The van der Waals surface area contributed by atoms with E-state index in [0.717, 1.165) is 66.6 Å². The predicted molar refractivity (Wildman–Crippen MR) is 116 cm³/mol. The average Bonchev–Trinajstić information content (AvgIpc) is 2.97. The lowest BCUT2D eigenvalue weighted by Gasteiger charge is -2.21. The lowest BCUT2D eigenvalue weighted by molar-refractivity contribution is -0.128. The van der Waals surface area contributed by atoms with Crippen LogP contribution in [-0.4, -0.2) is 62.6 Å². The van der Waals surface area contributed by atoms with E-state index in [9.17, 15) is 4.79 Å². The standard InChI is InChI=1S/C22H25N5OS/c1-17-6-4-7-18(24-17)15-26-10-5-11-27(13-12-26)22(28)16-29-21-14-23-19-8-2-3-9-20(19)25-21/h2-4,6-9,14H,5,10-13,15-16H2,1H3. The molecule has 3 aromatic rings. The number of aryl methyl sites for hydroxylation is 1. The molecule has 4 rings (SSSR count). The van der Waals surface area contributed by atoms with Crippen molar-refractivity contribution in [2.45, 2.75) is 24.9 Å². The largest absolute Gasteiger partial charge is 0.341 e. The molecule has 0 N–H and O–H groups in total. The average molecular weight is 408 g/mol. The molecule has 1 aromatic carbocycles. The smallest absolute Gasteiger partial charge is 0.233 e. The molecule has 0 unspecified atom stereocenters. The van der Waals surface area contributed by atoms with Crippen molar-refractivity contribution >= 4 is 28.7 Å². The number of carbonyl (C=O) groups is 1. The molecule has 0 spiro atoms. The Morgan fingerprint density at radius 2 is 1.86 bits per heavy atom. The van der Waals surface area contributed by atoms with E-state index in [1.54, 1.807) is 6.20 Å². The Labute approximate surface area is 175 Å². The summed E-state index contributed by atoms with van der Waals surface area (Å²) in [7, 11) is 0. The van der Waals surface area contributed by atoms with E-state index in [4.69, 9.17) is 0 Å². The zero-order valence-corrected chi connectivity index (χ0v) is 17.4. The van der Waals surface area contributed by atoms with Gasteiger partial charge < -0.3 is 4.90 Å². The van der Waals surface area contributed by atoms with Crippen LogP contribution in [0.15, 0.2) is 53.7 Å². The summed E-state index contributed by atoms with van der Waals surface area (Å²) in [5, 5.41) is 0.791. The van der Waals surface area contributed by atoms with E-state index in [1.807, 2.05) is 42.2 Å². The Balaban J connectivity index is 1.29. The third-order valence-corrected chi connectivity index (χ3v) is 5.93. The molecular weight excluding hydrogens is 382 g/mol. The molecule has 0 aliphatic carbocycles. The van der Waals surface area contributed by atoms with Gasteiger partial charge in [-0.15, -0.1) is 0 Å². The number of pyridine rings is 1. The summed E-state index contributed by atoms with van der Waals surface area (Å²) in [4.78, 5) is 30.7. The molecule has 2 aromatic heterocycles. The van der Waals surface area contributed by atoms with Gasteiger partial charge in [-0.2, -0.15) is 0 Å². The summed E-state index contributed by atoms with van der Waals surface area (Å²) in [6.45, 7) is 6.29. The minimum absolute atomic E-state index is 0.167. The first kappa shape index (κ1) is 19.8. The van der Waals surface area contributed by atoms with Gasteiger partial charge in [0.1, 0.15) is 5.03 Å². The number of fused-ring (bicyclic) bond motifs is 1.